The predicted molar refractivity (Wildman–Crippen MR) is 57.3 cm³/mol. The van der Waals surface area contributed by atoms with Crippen molar-refractivity contribution < 1.29 is 0 Å². The smallest absolute Gasteiger partial charge is 0.101 e. The maximum absolute atomic E-state index is 8.76. The lowest BCUT2D eigenvalue weighted by molar-refractivity contribution is 1.28. The van der Waals surface area contributed by atoms with Gasteiger partial charge in [0.2, 0.25) is 0 Å². The summed E-state index contributed by atoms with van der Waals surface area (Å²) >= 11 is 7.72. The van der Waals surface area contributed by atoms with Crippen LogP contribution in [0.3, 0.4) is 0 Å². The normalized spacial score (nSPS) is 9.69. The van der Waals surface area contributed by atoms with Crippen molar-refractivity contribution in [1.82, 2.24) is 0 Å². The van der Waals surface area contributed by atoms with Gasteiger partial charge >= 0.3 is 0 Å². The summed E-state index contributed by atoms with van der Waals surface area (Å²) in [5.74, 6) is 0.968. The number of thioether (sulfide) groups is 1. The fourth-order valence-electron chi connectivity index (χ4n) is 1.06. The Morgan fingerprint density at radius 1 is 1.54 bits per heavy atom. The summed E-state index contributed by atoms with van der Waals surface area (Å²) in [5, 5.41) is 9.35. The minimum Gasteiger partial charge on any atom is -0.192 e. The number of nitrogens with zero attached hydrogens (tertiary/aromatic N) is 1. The third kappa shape index (κ3) is 2.18. The summed E-state index contributed by atoms with van der Waals surface area (Å²) in [6.45, 7) is 4.07. The van der Waals surface area contributed by atoms with Gasteiger partial charge in [0.15, 0.2) is 0 Å². The zero-order valence-corrected chi connectivity index (χ0v) is 9.17. The van der Waals surface area contributed by atoms with Crippen molar-refractivity contribution in [1.29, 1.82) is 5.26 Å². The second-order valence-corrected chi connectivity index (χ2v) is 4.27. The minimum atomic E-state index is 0.559. The molecule has 1 rings (SSSR count). The largest absolute Gasteiger partial charge is 0.192 e. The number of halogens is 1. The maximum atomic E-state index is 8.76. The number of benzene rings is 1. The van der Waals surface area contributed by atoms with Gasteiger partial charge in [0, 0.05) is 4.90 Å². The molecule has 0 saturated carbocycles. The zero-order chi connectivity index (χ0) is 9.84. The predicted octanol–water partition coefficient (Wildman–Crippen LogP) is 3.63. The standard InChI is InChI=1S/C10H10ClNS/c1-3-13-10-7(2)4-5-8(6-12)9(10)11/h4-5H,3H2,1-2H3. The lowest BCUT2D eigenvalue weighted by atomic mass is 10.2. The fraction of sp³-hybridized carbons (Fsp3) is 0.300. The summed E-state index contributed by atoms with van der Waals surface area (Å²) < 4.78 is 0. The van der Waals surface area contributed by atoms with Crippen LogP contribution in [-0.4, -0.2) is 5.75 Å². The van der Waals surface area contributed by atoms with Gasteiger partial charge < -0.3 is 0 Å². The Hall–Kier alpha value is -0.650. The average Bonchev–Trinajstić information content (AvgIpc) is 2.12. The van der Waals surface area contributed by atoms with Crippen LogP contribution in [-0.2, 0) is 0 Å². The van der Waals surface area contributed by atoms with Crippen LogP contribution in [0.2, 0.25) is 5.02 Å². The van der Waals surface area contributed by atoms with E-state index in [-0.39, 0.29) is 0 Å². The van der Waals surface area contributed by atoms with Crippen LogP contribution >= 0.6 is 23.4 Å². The van der Waals surface area contributed by atoms with E-state index in [0.29, 0.717) is 10.6 Å². The number of aryl methyl sites for hydroxylation is 1. The van der Waals surface area contributed by atoms with Crippen molar-refractivity contribution in [2.45, 2.75) is 18.7 Å². The minimum absolute atomic E-state index is 0.559. The lowest BCUT2D eigenvalue weighted by Gasteiger charge is -2.07. The number of hydrogen-bond acceptors (Lipinski definition) is 2. The highest BCUT2D eigenvalue weighted by atomic mass is 35.5. The quantitative estimate of drug-likeness (QED) is 0.698. The highest BCUT2D eigenvalue weighted by molar-refractivity contribution is 7.99. The molecule has 13 heavy (non-hydrogen) atoms. The molecule has 1 aromatic carbocycles. The Morgan fingerprint density at radius 3 is 2.77 bits per heavy atom. The van der Waals surface area contributed by atoms with E-state index < -0.39 is 0 Å². The van der Waals surface area contributed by atoms with Crippen LogP contribution in [0.15, 0.2) is 17.0 Å². The topological polar surface area (TPSA) is 23.8 Å². The molecule has 0 spiro atoms. The van der Waals surface area contributed by atoms with Gasteiger partial charge in [0.05, 0.1) is 10.6 Å². The van der Waals surface area contributed by atoms with Crippen molar-refractivity contribution in [2.24, 2.45) is 0 Å². The molecule has 0 atom stereocenters. The first-order chi connectivity index (χ1) is 6.20. The fourth-order valence-corrected chi connectivity index (χ4v) is 2.30. The molecule has 0 aliphatic carbocycles. The van der Waals surface area contributed by atoms with Crippen LogP contribution in [0, 0.1) is 18.3 Å². The van der Waals surface area contributed by atoms with Crippen LogP contribution < -0.4 is 0 Å². The van der Waals surface area contributed by atoms with Crippen molar-refractivity contribution >= 4 is 23.4 Å². The SMILES string of the molecule is CCSc1c(C)ccc(C#N)c1Cl. The Labute approximate surface area is 87.7 Å². The van der Waals surface area contributed by atoms with Gasteiger partial charge in [-0.3, -0.25) is 0 Å². The number of rotatable bonds is 2. The maximum Gasteiger partial charge on any atom is 0.101 e. The van der Waals surface area contributed by atoms with Crippen LogP contribution in [0.5, 0.6) is 0 Å². The molecule has 0 N–H and O–H groups in total. The van der Waals surface area contributed by atoms with Crippen molar-refractivity contribution in [3.63, 3.8) is 0 Å². The van der Waals surface area contributed by atoms with E-state index >= 15 is 0 Å². The highest BCUT2D eigenvalue weighted by Crippen LogP contribution is 2.32. The van der Waals surface area contributed by atoms with Crippen LogP contribution in [0.1, 0.15) is 18.1 Å². The molecule has 0 aliphatic heterocycles. The van der Waals surface area contributed by atoms with Gasteiger partial charge in [-0.15, -0.1) is 11.8 Å². The Kier molecular flexibility index (Phi) is 3.65. The third-order valence-corrected chi connectivity index (χ3v) is 3.31. The van der Waals surface area contributed by atoms with E-state index in [1.807, 2.05) is 13.0 Å². The molecule has 0 aromatic heterocycles. The molecule has 0 unspecified atom stereocenters. The van der Waals surface area contributed by atoms with Crippen LogP contribution in [0.25, 0.3) is 0 Å². The van der Waals surface area contributed by atoms with Gasteiger partial charge in [0.25, 0.3) is 0 Å². The van der Waals surface area contributed by atoms with Gasteiger partial charge in [-0.05, 0) is 24.3 Å². The summed E-state index contributed by atoms with van der Waals surface area (Å²) in [6.07, 6.45) is 0. The number of nitriles is 1. The molecule has 0 amide bonds. The molecule has 0 heterocycles. The summed E-state index contributed by atoms with van der Waals surface area (Å²) in [7, 11) is 0. The summed E-state index contributed by atoms with van der Waals surface area (Å²) in [4.78, 5) is 1.03. The lowest BCUT2D eigenvalue weighted by Crippen LogP contribution is -1.86. The van der Waals surface area contributed by atoms with E-state index in [2.05, 4.69) is 13.0 Å². The summed E-state index contributed by atoms with van der Waals surface area (Å²) in [5.41, 5.74) is 1.69. The third-order valence-electron chi connectivity index (χ3n) is 1.70. The molecular weight excluding hydrogens is 202 g/mol. The molecule has 0 saturated heterocycles. The molecule has 3 heteroatoms. The van der Waals surface area contributed by atoms with Gasteiger partial charge in [-0.2, -0.15) is 5.26 Å². The Morgan fingerprint density at radius 2 is 2.23 bits per heavy atom. The second-order valence-electron chi connectivity index (χ2n) is 2.62. The first-order valence-corrected chi connectivity index (χ1v) is 5.39. The molecule has 0 bridgehead atoms. The van der Waals surface area contributed by atoms with E-state index in [9.17, 15) is 0 Å². The Bertz CT molecular complexity index is 355. The van der Waals surface area contributed by atoms with Gasteiger partial charge in [-0.25, -0.2) is 0 Å². The van der Waals surface area contributed by atoms with Crippen molar-refractivity contribution in [3.8, 4) is 6.07 Å². The molecule has 0 aliphatic rings. The van der Waals surface area contributed by atoms with Gasteiger partial charge in [0.1, 0.15) is 6.07 Å². The van der Waals surface area contributed by atoms with E-state index in [4.69, 9.17) is 16.9 Å². The second kappa shape index (κ2) is 4.55. The molecule has 1 nitrogen and oxygen atoms in total. The Balaban J connectivity index is 3.23. The molecule has 68 valence electrons. The van der Waals surface area contributed by atoms with Crippen molar-refractivity contribution in [3.05, 3.63) is 28.3 Å². The zero-order valence-electron chi connectivity index (χ0n) is 7.60. The first kappa shape index (κ1) is 10.4. The molecular formula is C10H10ClNS. The molecule has 0 radical (unpaired) electrons. The van der Waals surface area contributed by atoms with E-state index in [1.165, 1.54) is 0 Å². The molecule has 1 aromatic rings. The average molecular weight is 212 g/mol. The number of hydrogen-bond donors (Lipinski definition) is 0. The molecule has 0 fully saturated rings. The highest BCUT2D eigenvalue weighted by Gasteiger charge is 2.08. The van der Waals surface area contributed by atoms with Crippen molar-refractivity contribution in [2.75, 3.05) is 5.75 Å². The van der Waals surface area contributed by atoms with E-state index in [1.54, 1.807) is 17.8 Å². The van der Waals surface area contributed by atoms with Crippen LogP contribution in [0.4, 0.5) is 0 Å². The summed E-state index contributed by atoms with van der Waals surface area (Å²) in [6, 6.07) is 5.77. The van der Waals surface area contributed by atoms with E-state index in [0.717, 1.165) is 16.2 Å². The monoisotopic (exact) mass is 211 g/mol. The van der Waals surface area contributed by atoms with Gasteiger partial charge in [-0.1, -0.05) is 24.6 Å². The first-order valence-electron chi connectivity index (χ1n) is 4.02.